The first-order chi connectivity index (χ1) is 8.12. The summed E-state index contributed by atoms with van der Waals surface area (Å²) in [6.07, 6.45) is -0.548. The number of ether oxygens (including phenoxy) is 1. The average Bonchev–Trinajstić information content (AvgIpc) is 2.51. The molecule has 2 aliphatic rings. The number of fused-ring (bicyclic) bond motifs is 1. The molecule has 2 N–H and O–H groups in total. The Morgan fingerprint density at radius 1 is 1.44 bits per heavy atom. The normalized spacial score (nSPS) is 34.1. The van der Waals surface area contributed by atoms with Crippen molar-refractivity contribution in [2.24, 2.45) is 5.92 Å². The third kappa shape index (κ3) is 2.77. The maximum Gasteiger partial charge on any atom is 0.408 e. The Kier molecular flexibility index (Phi) is 3.09. The number of hydrogen-bond acceptors (Lipinski definition) is 5. The summed E-state index contributed by atoms with van der Waals surface area (Å²) in [6, 6.07) is 0. The lowest BCUT2D eigenvalue weighted by Gasteiger charge is -2.30. The zero-order valence-electron chi connectivity index (χ0n) is 10.9. The molecule has 6 nitrogen and oxygen atoms in total. The highest BCUT2D eigenvalue weighted by Crippen LogP contribution is 2.32. The maximum absolute atomic E-state index is 11.8. The van der Waals surface area contributed by atoms with Crippen LogP contribution in [0.5, 0.6) is 0 Å². The Labute approximate surface area is 107 Å². The van der Waals surface area contributed by atoms with Crippen LogP contribution in [-0.4, -0.2) is 50.2 Å². The molecule has 2 atom stereocenters. The summed E-state index contributed by atoms with van der Waals surface area (Å²) >= 11 is 0. The number of amides is 1. The average molecular weight is 276 g/mol. The van der Waals surface area contributed by atoms with Crippen molar-refractivity contribution < 1.29 is 17.9 Å². The Bertz CT molecular complexity index is 454. The van der Waals surface area contributed by atoms with Crippen molar-refractivity contribution in [1.82, 2.24) is 10.6 Å². The van der Waals surface area contributed by atoms with Crippen LogP contribution in [0.3, 0.4) is 0 Å². The van der Waals surface area contributed by atoms with Crippen LogP contribution in [0.1, 0.15) is 20.8 Å². The second kappa shape index (κ2) is 4.09. The van der Waals surface area contributed by atoms with Crippen LogP contribution >= 0.6 is 0 Å². The summed E-state index contributed by atoms with van der Waals surface area (Å²) < 4.78 is 28.6. The lowest BCUT2D eigenvalue weighted by molar-refractivity contribution is 0.0460. The summed E-state index contributed by atoms with van der Waals surface area (Å²) in [4.78, 5) is 11.8. The fourth-order valence-electron chi connectivity index (χ4n) is 2.64. The number of nitrogens with one attached hydrogen (secondary N) is 2. The van der Waals surface area contributed by atoms with Gasteiger partial charge in [0, 0.05) is 19.0 Å². The summed E-state index contributed by atoms with van der Waals surface area (Å²) in [7, 11) is -3.06. The van der Waals surface area contributed by atoms with Crippen molar-refractivity contribution in [2.45, 2.75) is 31.9 Å². The van der Waals surface area contributed by atoms with E-state index in [9.17, 15) is 13.2 Å². The van der Waals surface area contributed by atoms with Crippen molar-refractivity contribution >= 4 is 15.9 Å². The van der Waals surface area contributed by atoms with Gasteiger partial charge >= 0.3 is 6.09 Å². The highest BCUT2D eigenvalue weighted by atomic mass is 32.2. The van der Waals surface area contributed by atoms with Gasteiger partial charge in [-0.1, -0.05) is 0 Å². The molecule has 18 heavy (non-hydrogen) atoms. The fourth-order valence-corrected chi connectivity index (χ4v) is 5.01. The van der Waals surface area contributed by atoms with Crippen molar-refractivity contribution in [3.63, 3.8) is 0 Å². The predicted molar refractivity (Wildman–Crippen MR) is 67.1 cm³/mol. The van der Waals surface area contributed by atoms with E-state index in [1.54, 1.807) is 20.8 Å². The second-order valence-electron chi connectivity index (χ2n) is 6.17. The molecule has 2 rings (SSSR count). The minimum atomic E-state index is -3.06. The lowest BCUT2D eigenvalue weighted by Crippen LogP contribution is -2.55. The van der Waals surface area contributed by atoms with E-state index in [1.165, 1.54) is 0 Å². The topological polar surface area (TPSA) is 84.5 Å². The van der Waals surface area contributed by atoms with Crippen LogP contribution in [0.25, 0.3) is 0 Å². The van der Waals surface area contributed by atoms with E-state index in [4.69, 9.17) is 4.74 Å². The maximum atomic E-state index is 11.8. The quantitative estimate of drug-likeness (QED) is 0.698. The minimum Gasteiger partial charge on any atom is -0.444 e. The number of rotatable bonds is 1. The minimum absolute atomic E-state index is 0.00307. The van der Waals surface area contributed by atoms with Gasteiger partial charge in [-0.3, -0.25) is 0 Å². The first kappa shape index (κ1) is 13.6. The molecule has 0 aromatic carbocycles. The van der Waals surface area contributed by atoms with E-state index in [1.807, 2.05) is 0 Å². The molecule has 2 unspecified atom stereocenters. The second-order valence-corrected chi connectivity index (χ2v) is 8.27. The highest BCUT2D eigenvalue weighted by Gasteiger charge is 2.54. The van der Waals surface area contributed by atoms with E-state index < -0.39 is 27.1 Å². The molecule has 2 heterocycles. The van der Waals surface area contributed by atoms with Gasteiger partial charge in [-0.25, -0.2) is 13.2 Å². The van der Waals surface area contributed by atoms with E-state index in [2.05, 4.69) is 10.6 Å². The number of carbonyl (C=O) groups is 1. The number of sulfone groups is 1. The van der Waals surface area contributed by atoms with Crippen molar-refractivity contribution in [3.8, 4) is 0 Å². The molecule has 0 aromatic rings. The zero-order chi connectivity index (χ0) is 13.6. The Balaban J connectivity index is 2.10. The van der Waals surface area contributed by atoms with E-state index in [-0.39, 0.29) is 17.4 Å². The lowest BCUT2D eigenvalue weighted by atomic mass is 9.91. The van der Waals surface area contributed by atoms with Crippen LogP contribution in [0, 0.1) is 5.92 Å². The molecule has 2 aliphatic heterocycles. The molecular weight excluding hydrogens is 256 g/mol. The smallest absolute Gasteiger partial charge is 0.408 e. The molecule has 0 spiro atoms. The third-order valence-corrected chi connectivity index (χ3v) is 5.16. The highest BCUT2D eigenvalue weighted by molar-refractivity contribution is 7.91. The molecule has 104 valence electrons. The number of carbonyl (C=O) groups excluding carboxylic acids is 1. The molecule has 7 heteroatoms. The summed E-state index contributed by atoms with van der Waals surface area (Å²) in [6.45, 7) is 6.44. The summed E-state index contributed by atoms with van der Waals surface area (Å²) in [5.41, 5.74) is -1.28. The van der Waals surface area contributed by atoms with Crippen molar-refractivity contribution in [2.75, 3.05) is 24.6 Å². The first-order valence-corrected chi connectivity index (χ1v) is 7.86. The van der Waals surface area contributed by atoms with Gasteiger partial charge in [0.05, 0.1) is 17.0 Å². The Morgan fingerprint density at radius 3 is 2.72 bits per heavy atom. The van der Waals surface area contributed by atoms with E-state index >= 15 is 0 Å². The van der Waals surface area contributed by atoms with E-state index in [0.29, 0.717) is 13.1 Å². The molecular formula is C11H20N2O4S. The molecule has 1 amide bonds. The predicted octanol–water partition coefficient (Wildman–Crippen LogP) is -0.102. The largest absolute Gasteiger partial charge is 0.444 e. The van der Waals surface area contributed by atoms with Gasteiger partial charge in [0.1, 0.15) is 5.60 Å². The van der Waals surface area contributed by atoms with Crippen LogP contribution in [0.15, 0.2) is 0 Å². The molecule has 0 aromatic heterocycles. The van der Waals surface area contributed by atoms with Gasteiger partial charge in [-0.2, -0.15) is 0 Å². The summed E-state index contributed by atoms with van der Waals surface area (Å²) in [5.74, 6) is 0.0715. The van der Waals surface area contributed by atoms with Crippen LogP contribution in [-0.2, 0) is 14.6 Å². The van der Waals surface area contributed by atoms with Gasteiger partial charge in [0.25, 0.3) is 0 Å². The fraction of sp³-hybridized carbons (Fsp3) is 0.909. The van der Waals surface area contributed by atoms with Gasteiger partial charge < -0.3 is 15.4 Å². The first-order valence-electron chi connectivity index (χ1n) is 6.04. The Morgan fingerprint density at radius 2 is 2.11 bits per heavy atom. The molecule has 0 bridgehead atoms. The standard InChI is InChI=1S/C11H20N2O4S/c1-10(2,3)17-9(14)13-11-6-12-4-8(11)5-18(15,16)7-11/h8,12H,4-7H2,1-3H3,(H,13,14). The monoisotopic (exact) mass is 276 g/mol. The molecule has 0 radical (unpaired) electrons. The molecule has 0 aliphatic carbocycles. The summed E-state index contributed by atoms with van der Waals surface area (Å²) in [5, 5.41) is 5.90. The van der Waals surface area contributed by atoms with Crippen molar-refractivity contribution in [1.29, 1.82) is 0 Å². The van der Waals surface area contributed by atoms with E-state index in [0.717, 1.165) is 0 Å². The van der Waals surface area contributed by atoms with Crippen molar-refractivity contribution in [3.05, 3.63) is 0 Å². The van der Waals surface area contributed by atoms with Gasteiger partial charge in [-0.15, -0.1) is 0 Å². The number of hydrogen-bond donors (Lipinski definition) is 2. The van der Waals surface area contributed by atoms with Gasteiger partial charge in [0.2, 0.25) is 0 Å². The third-order valence-electron chi connectivity index (χ3n) is 3.30. The molecule has 2 saturated heterocycles. The van der Waals surface area contributed by atoms with Crippen LogP contribution < -0.4 is 10.6 Å². The van der Waals surface area contributed by atoms with Gasteiger partial charge in [-0.05, 0) is 20.8 Å². The Hall–Kier alpha value is -0.820. The SMILES string of the molecule is CC(C)(C)OC(=O)NC12CNCC1CS(=O)(=O)C2. The van der Waals surface area contributed by atoms with Crippen LogP contribution in [0.2, 0.25) is 0 Å². The van der Waals surface area contributed by atoms with Gasteiger partial charge in [0.15, 0.2) is 9.84 Å². The molecule has 0 saturated carbocycles. The number of alkyl carbamates (subject to hydrolysis) is 1. The van der Waals surface area contributed by atoms with Crippen LogP contribution in [0.4, 0.5) is 4.79 Å². The molecule has 2 fully saturated rings. The zero-order valence-corrected chi connectivity index (χ0v) is 11.8.